The number of ether oxygens (including phenoxy) is 1. The van der Waals surface area contributed by atoms with Gasteiger partial charge in [0.2, 0.25) is 5.88 Å². The van der Waals surface area contributed by atoms with Crippen molar-refractivity contribution < 1.29 is 4.74 Å². The first-order chi connectivity index (χ1) is 6.79. The number of anilines is 1. The topological polar surface area (TPSA) is 48.1 Å². The third-order valence-electron chi connectivity index (χ3n) is 2.72. The molecule has 1 aromatic heterocycles. The second-order valence-electron chi connectivity index (χ2n) is 3.75. The Bertz CT molecular complexity index is 321. The molecule has 0 saturated heterocycles. The van der Waals surface area contributed by atoms with Crippen LogP contribution in [0.15, 0.2) is 12.3 Å². The highest BCUT2D eigenvalue weighted by atomic mass is 16.5. The molecule has 2 N–H and O–H groups in total. The Balaban J connectivity index is 2.09. The van der Waals surface area contributed by atoms with Crippen LogP contribution in [0.4, 0.5) is 5.69 Å². The van der Waals surface area contributed by atoms with Gasteiger partial charge in [0.1, 0.15) is 6.10 Å². The minimum absolute atomic E-state index is 0.385. The van der Waals surface area contributed by atoms with Gasteiger partial charge in [0.15, 0.2) is 0 Å². The molecule has 1 aliphatic rings. The van der Waals surface area contributed by atoms with Crippen LogP contribution in [-0.4, -0.2) is 11.1 Å². The van der Waals surface area contributed by atoms with E-state index in [1.54, 1.807) is 6.20 Å². The van der Waals surface area contributed by atoms with Crippen molar-refractivity contribution in [1.82, 2.24) is 4.98 Å². The summed E-state index contributed by atoms with van der Waals surface area (Å²) >= 11 is 0. The fourth-order valence-electron chi connectivity index (χ4n) is 1.52. The first-order valence-corrected chi connectivity index (χ1v) is 5.20. The molecular formula is C11H16N2O. The summed E-state index contributed by atoms with van der Waals surface area (Å²) in [7, 11) is 0. The van der Waals surface area contributed by atoms with E-state index in [2.05, 4.69) is 11.9 Å². The number of nitrogens with zero attached hydrogens (tertiary/aromatic N) is 1. The average molecular weight is 192 g/mol. The molecule has 0 amide bonds. The van der Waals surface area contributed by atoms with Crippen molar-refractivity contribution in [2.45, 2.75) is 38.7 Å². The van der Waals surface area contributed by atoms with Crippen LogP contribution < -0.4 is 10.5 Å². The van der Waals surface area contributed by atoms with Gasteiger partial charge < -0.3 is 10.5 Å². The Kier molecular flexibility index (Phi) is 2.57. The van der Waals surface area contributed by atoms with Gasteiger partial charge in [-0.05, 0) is 31.2 Å². The molecule has 3 heteroatoms. The number of aromatic nitrogens is 1. The van der Waals surface area contributed by atoms with Crippen molar-refractivity contribution >= 4 is 5.69 Å². The lowest BCUT2D eigenvalue weighted by molar-refractivity contribution is 0.114. The highest BCUT2D eigenvalue weighted by molar-refractivity contribution is 5.46. The molecule has 1 aromatic rings. The van der Waals surface area contributed by atoms with E-state index in [0.29, 0.717) is 6.10 Å². The lowest BCUT2D eigenvalue weighted by Crippen LogP contribution is -2.25. The number of hydrogen-bond acceptors (Lipinski definition) is 3. The summed E-state index contributed by atoms with van der Waals surface area (Å²) < 4.78 is 5.68. The van der Waals surface area contributed by atoms with Gasteiger partial charge >= 0.3 is 0 Å². The summed E-state index contributed by atoms with van der Waals surface area (Å²) in [5.74, 6) is 0.723. The molecule has 2 rings (SSSR count). The van der Waals surface area contributed by atoms with Crippen LogP contribution in [0.2, 0.25) is 0 Å². The molecule has 76 valence electrons. The Morgan fingerprint density at radius 2 is 2.36 bits per heavy atom. The van der Waals surface area contributed by atoms with Gasteiger partial charge in [-0.2, -0.15) is 0 Å². The van der Waals surface area contributed by atoms with Crippen LogP contribution in [0, 0.1) is 0 Å². The highest BCUT2D eigenvalue weighted by Crippen LogP contribution is 2.25. The van der Waals surface area contributed by atoms with Gasteiger partial charge in [-0.1, -0.05) is 6.92 Å². The molecule has 0 aliphatic heterocycles. The molecule has 1 aliphatic carbocycles. The van der Waals surface area contributed by atoms with E-state index in [0.717, 1.165) is 36.4 Å². The number of hydrogen-bond donors (Lipinski definition) is 1. The van der Waals surface area contributed by atoms with Gasteiger partial charge in [-0.15, -0.1) is 0 Å². The summed E-state index contributed by atoms with van der Waals surface area (Å²) in [6.45, 7) is 2.08. The predicted molar refractivity (Wildman–Crippen MR) is 56.3 cm³/mol. The molecule has 0 spiro atoms. The van der Waals surface area contributed by atoms with Crippen LogP contribution in [0.5, 0.6) is 5.88 Å². The molecule has 1 fully saturated rings. The lowest BCUT2D eigenvalue weighted by Gasteiger charge is -2.25. The second-order valence-corrected chi connectivity index (χ2v) is 3.75. The van der Waals surface area contributed by atoms with Crippen molar-refractivity contribution in [3.05, 3.63) is 17.8 Å². The first kappa shape index (κ1) is 9.31. The minimum Gasteiger partial charge on any atom is -0.474 e. The zero-order valence-corrected chi connectivity index (χ0v) is 8.49. The fraction of sp³-hybridized carbons (Fsp3) is 0.545. The maximum Gasteiger partial charge on any atom is 0.213 e. The van der Waals surface area contributed by atoms with Gasteiger partial charge in [0.05, 0.1) is 11.9 Å². The summed E-state index contributed by atoms with van der Waals surface area (Å²) in [4.78, 5) is 4.16. The SMILES string of the molecule is CCc1cc(OC2CCC2)ncc1N. The maximum absolute atomic E-state index is 5.76. The van der Waals surface area contributed by atoms with Gasteiger partial charge in [-0.25, -0.2) is 4.98 Å². The molecule has 1 saturated carbocycles. The third kappa shape index (κ3) is 1.81. The number of nitrogens with two attached hydrogens (primary N) is 1. The Labute approximate surface area is 84.3 Å². The monoisotopic (exact) mass is 192 g/mol. The van der Waals surface area contributed by atoms with Gasteiger partial charge in [0.25, 0.3) is 0 Å². The van der Waals surface area contributed by atoms with Crippen molar-refractivity contribution in [2.24, 2.45) is 0 Å². The van der Waals surface area contributed by atoms with Gasteiger partial charge in [0, 0.05) is 6.07 Å². The summed E-state index contributed by atoms with van der Waals surface area (Å²) in [6.07, 6.45) is 6.60. The summed E-state index contributed by atoms with van der Waals surface area (Å²) in [5, 5.41) is 0. The molecule has 3 nitrogen and oxygen atoms in total. The van der Waals surface area contributed by atoms with E-state index in [1.165, 1.54) is 6.42 Å². The first-order valence-electron chi connectivity index (χ1n) is 5.20. The fourth-order valence-corrected chi connectivity index (χ4v) is 1.52. The van der Waals surface area contributed by atoms with Crippen LogP contribution in [0.25, 0.3) is 0 Å². The van der Waals surface area contributed by atoms with Crippen molar-refractivity contribution in [3.8, 4) is 5.88 Å². The van der Waals surface area contributed by atoms with Crippen LogP contribution in [-0.2, 0) is 6.42 Å². The number of rotatable bonds is 3. The van der Waals surface area contributed by atoms with Crippen LogP contribution >= 0.6 is 0 Å². The zero-order valence-electron chi connectivity index (χ0n) is 8.49. The number of aryl methyl sites for hydroxylation is 1. The molecule has 0 atom stereocenters. The standard InChI is InChI=1S/C11H16N2O/c1-2-8-6-11(13-7-10(8)12)14-9-4-3-5-9/h6-7,9H,2-5,12H2,1H3. The normalized spacial score (nSPS) is 16.4. The minimum atomic E-state index is 0.385. The Morgan fingerprint density at radius 3 is 2.93 bits per heavy atom. The van der Waals surface area contributed by atoms with Crippen LogP contribution in [0.1, 0.15) is 31.7 Å². The maximum atomic E-state index is 5.76. The van der Waals surface area contributed by atoms with Crippen molar-refractivity contribution in [1.29, 1.82) is 0 Å². The third-order valence-corrected chi connectivity index (χ3v) is 2.72. The van der Waals surface area contributed by atoms with E-state index in [-0.39, 0.29) is 0 Å². The number of nitrogen functional groups attached to an aromatic ring is 1. The highest BCUT2D eigenvalue weighted by Gasteiger charge is 2.19. The molecule has 0 radical (unpaired) electrons. The Hall–Kier alpha value is -1.25. The molecule has 0 aromatic carbocycles. The smallest absolute Gasteiger partial charge is 0.213 e. The average Bonchev–Trinajstić information content (AvgIpc) is 2.14. The largest absolute Gasteiger partial charge is 0.474 e. The van der Waals surface area contributed by atoms with E-state index < -0.39 is 0 Å². The number of pyridine rings is 1. The van der Waals surface area contributed by atoms with Crippen molar-refractivity contribution in [3.63, 3.8) is 0 Å². The van der Waals surface area contributed by atoms with Gasteiger partial charge in [-0.3, -0.25) is 0 Å². The van der Waals surface area contributed by atoms with E-state index in [9.17, 15) is 0 Å². The van der Waals surface area contributed by atoms with Crippen LogP contribution in [0.3, 0.4) is 0 Å². The van der Waals surface area contributed by atoms with E-state index >= 15 is 0 Å². The quantitative estimate of drug-likeness (QED) is 0.798. The zero-order chi connectivity index (χ0) is 9.97. The van der Waals surface area contributed by atoms with E-state index in [1.807, 2.05) is 6.07 Å². The predicted octanol–water partition coefficient (Wildman–Crippen LogP) is 2.16. The molecular weight excluding hydrogens is 176 g/mol. The summed E-state index contributed by atoms with van der Waals surface area (Å²) in [6, 6.07) is 1.95. The second kappa shape index (κ2) is 3.86. The lowest BCUT2D eigenvalue weighted by atomic mass is 9.96. The Morgan fingerprint density at radius 1 is 1.57 bits per heavy atom. The van der Waals surface area contributed by atoms with Crippen molar-refractivity contribution in [2.75, 3.05) is 5.73 Å². The molecule has 14 heavy (non-hydrogen) atoms. The van der Waals surface area contributed by atoms with E-state index in [4.69, 9.17) is 10.5 Å². The molecule has 0 unspecified atom stereocenters. The molecule has 1 heterocycles. The summed E-state index contributed by atoms with van der Waals surface area (Å²) in [5.41, 5.74) is 7.64. The molecule has 0 bridgehead atoms.